The number of carboxylic acids is 1. The fourth-order valence-electron chi connectivity index (χ4n) is 9.29. The van der Waals surface area contributed by atoms with Gasteiger partial charge in [-0.2, -0.15) is 18.2 Å². The molecule has 10 nitrogen and oxygen atoms in total. The molecule has 0 saturated carbocycles. The number of benzene rings is 3. The van der Waals surface area contributed by atoms with E-state index in [1.165, 1.54) is 0 Å². The number of carbonyl (C=O) groups is 1. The average Bonchev–Trinajstić information content (AvgIpc) is 4.02. The molecule has 2 N–H and O–H groups in total. The number of oxazole rings is 1. The van der Waals surface area contributed by atoms with E-state index in [0.29, 0.717) is 85.9 Å². The third-order valence-electron chi connectivity index (χ3n) is 11.9. The van der Waals surface area contributed by atoms with Crippen LogP contribution in [0, 0.1) is 5.92 Å². The maximum absolute atomic E-state index is 14.8. The molecule has 0 spiro atoms. The number of aliphatic hydroxyl groups excluding tert-OH is 1. The Morgan fingerprint density at radius 3 is 2.44 bits per heavy atom. The molecule has 298 valence electrons. The Labute approximate surface area is 336 Å². The lowest BCUT2D eigenvalue weighted by Gasteiger charge is -2.25. The summed E-state index contributed by atoms with van der Waals surface area (Å²) in [6.45, 7) is 2.66. The highest BCUT2D eigenvalue weighted by atomic mass is 35.5. The van der Waals surface area contributed by atoms with Gasteiger partial charge in [-0.25, -0.2) is 4.98 Å². The van der Waals surface area contributed by atoms with E-state index in [1.54, 1.807) is 31.4 Å². The number of halogens is 5. The fraction of sp³-hybridized carbons (Fsp3) is 0.405. The number of nitrogens with zero attached hydrogens (tertiary/aromatic N) is 4. The molecule has 4 aliphatic rings. The second-order valence-electron chi connectivity index (χ2n) is 15.4. The van der Waals surface area contributed by atoms with Gasteiger partial charge in [0.2, 0.25) is 17.7 Å². The van der Waals surface area contributed by atoms with Crippen LogP contribution in [0.25, 0.3) is 33.7 Å². The molecule has 4 heterocycles. The van der Waals surface area contributed by atoms with Gasteiger partial charge in [0, 0.05) is 43.3 Å². The molecule has 0 radical (unpaired) electrons. The van der Waals surface area contributed by atoms with E-state index in [-0.39, 0.29) is 58.1 Å². The Kier molecular flexibility index (Phi) is 9.88. The number of hydrogen-bond donors (Lipinski definition) is 2. The monoisotopic (exact) mass is 822 g/mol. The number of carboxylic acid groups (broad SMARTS) is 1. The first kappa shape index (κ1) is 38.1. The number of pyridine rings is 1. The summed E-state index contributed by atoms with van der Waals surface area (Å²) in [5.74, 6) is -0.813. The molecule has 2 aliphatic heterocycles. The molecule has 2 aliphatic carbocycles. The number of likely N-dealkylation sites (tertiary alicyclic amines) is 2. The first-order valence-corrected chi connectivity index (χ1v) is 19.8. The minimum absolute atomic E-state index is 0.0255. The summed E-state index contributed by atoms with van der Waals surface area (Å²) < 4.78 is 62.6. The lowest BCUT2D eigenvalue weighted by Crippen LogP contribution is -2.26. The van der Waals surface area contributed by atoms with Crippen LogP contribution in [0.3, 0.4) is 0 Å². The number of β-amino-alcohol motifs (C(OH)–C–C–N with tert-alkyl or cyclic N) is 1. The van der Waals surface area contributed by atoms with E-state index in [2.05, 4.69) is 14.9 Å². The highest BCUT2D eigenvalue weighted by Gasteiger charge is 2.44. The minimum Gasteiger partial charge on any atom is -0.481 e. The molecule has 4 atom stereocenters. The van der Waals surface area contributed by atoms with E-state index >= 15 is 0 Å². The standard InChI is InChI=1S/C42H39Cl2F3N4O6/c1-55-38-22(18-50-14-13-23(52)20-50)16-31(43)40(49-38)56-34-11-9-25-24(4-2-5-26(25)34)28-6-3-7-29(36(28)44)39-48-32-17-30-27(35(37(32)57-39)42(45,46)47)8-10-33(30)51-15-12-21(19-51)41(53)54/h2-7,16-17,21,23,33-34,52H,8-15,18-20H2,1H3,(H,53,54)/t21-,23-,33-,34+/m1/s1. The molecule has 3 aromatic carbocycles. The summed E-state index contributed by atoms with van der Waals surface area (Å²) in [5.41, 5.74) is 4.22. The van der Waals surface area contributed by atoms with Gasteiger partial charge in [-0.05, 0) is 91.1 Å². The molecule has 2 aromatic heterocycles. The van der Waals surface area contributed by atoms with Crippen molar-refractivity contribution >= 4 is 40.3 Å². The van der Waals surface area contributed by atoms with Crippen molar-refractivity contribution in [2.24, 2.45) is 5.92 Å². The van der Waals surface area contributed by atoms with E-state index in [4.69, 9.17) is 37.1 Å². The fourth-order valence-corrected chi connectivity index (χ4v) is 9.82. The van der Waals surface area contributed by atoms with Crippen molar-refractivity contribution in [3.05, 3.63) is 92.0 Å². The zero-order valence-corrected chi connectivity index (χ0v) is 32.4. The first-order valence-electron chi connectivity index (χ1n) is 19.1. The Balaban J connectivity index is 1.02. The Bertz CT molecular complexity index is 2410. The number of aromatic nitrogens is 2. The third-order valence-corrected chi connectivity index (χ3v) is 12.6. The van der Waals surface area contributed by atoms with Gasteiger partial charge in [-0.1, -0.05) is 53.5 Å². The van der Waals surface area contributed by atoms with Gasteiger partial charge in [0.25, 0.3) is 0 Å². The van der Waals surface area contributed by atoms with Crippen LogP contribution in [0.15, 0.2) is 52.9 Å². The highest BCUT2D eigenvalue weighted by Crippen LogP contribution is 2.49. The number of rotatable bonds is 9. The van der Waals surface area contributed by atoms with E-state index < -0.39 is 23.6 Å². The van der Waals surface area contributed by atoms with Crippen molar-refractivity contribution in [3.8, 4) is 34.3 Å². The summed E-state index contributed by atoms with van der Waals surface area (Å²) in [6, 6.07) is 14.3. The number of aliphatic hydroxyl groups is 1. The van der Waals surface area contributed by atoms with Crippen molar-refractivity contribution < 1.29 is 42.1 Å². The van der Waals surface area contributed by atoms with E-state index in [9.17, 15) is 28.2 Å². The van der Waals surface area contributed by atoms with Gasteiger partial charge < -0.3 is 24.1 Å². The van der Waals surface area contributed by atoms with Crippen molar-refractivity contribution in [2.45, 2.75) is 69.5 Å². The molecule has 0 bridgehead atoms. The molecular formula is C42H39Cl2F3N4O6. The molecule has 5 aromatic rings. The number of alkyl halides is 3. The third kappa shape index (κ3) is 6.90. The molecule has 2 fully saturated rings. The molecule has 2 saturated heterocycles. The Morgan fingerprint density at radius 1 is 0.930 bits per heavy atom. The maximum Gasteiger partial charge on any atom is 0.420 e. The molecule has 15 heteroatoms. The first-order chi connectivity index (χ1) is 27.4. The number of fused-ring (bicyclic) bond motifs is 3. The summed E-state index contributed by atoms with van der Waals surface area (Å²) in [6.07, 6.45) is -2.30. The van der Waals surface area contributed by atoms with Crippen LogP contribution >= 0.6 is 23.2 Å². The second-order valence-corrected chi connectivity index (χ2v) is 16.1. The van der Waals surface area contributed by atoms with Crippen molar-refractivity contribution in [3.63, 3.8) is 0 Å². The zero-order chi connectivity index (χ0) is 39.7. The molecular weight excluding hydrogens is 784 g/mol. The smallest absolute Gasteiger partial charge is 0.420 e. The van der Waals surface area contributed by atoms with E-state index in [0.717, 1.165) is 28.8 Å². The molecule has 57 heavy (non-hydrogen) atoms. The van der Waals surface area contributed by atoms with Crippen molar-refractivity contribution in [1.29, 1.82) is 0 Å². The normalized spacial score (nSPS) is 22.4. The van der Waals surface area contributed by atoms with Crippen LogP contribution in [0.5, 0.6) is 11.8 Å². The average molecular weight is 824 g/mol. The van der Waals surface area contributed by atoms with Crippen LogP contribution in [0.4, 0.5) is 13.2 Å². The Hall–Kier alpha value is -4.40. The zero-order valence-electron chi connectivity index (χ0n) is 30.9. The topological polar surface area (TPSA) is 121 Å². The van der Waals surface area contributed by atoms with Crippen LogP contribution < -0.4 is 9.47 Å². The predicted octanol–water partition coefficient (Wildman–Crippen LogP) is 8.92. The van der Waals surface area contributed by atoms with Crippen LogP contribution in [-0.2, 0) is 30.4 Å². The number of methoxy groups -OCH3 is 1. The number of aliphatic carboxylic acids is 1. The lowest BCUT2D eigenvalue weighted by atomic mass is 9.95. The number of ether oxygens (including phenoxy) is 2. The summed E-state index contributed by atoms with van der Waals surface area (Å²) in [5, 5.41) is 20.1. The minimum atomic E-state index is -4.70. The number of hydrogen-bond acceptors (Lipinski definition) is 9. The predicted molar refractivity (Wildman–Crippen MR) is 207 cm³/mol. The Morgan fingerprint density at radius 2 is 1.70 bits per heavy atom. The van der Waals surface area contributed by atoms with Gasteiger partial charge in [0.05, 0.1) is 29.7 Å². The SMILES string of the molecule is COc1nc(O[C@H]2CCc3c(-c4cccc(-c5nc6cc7c(c(C(F)(F)F)c6o5)CC[C@H]7N5CC[C@@H](C(=O)O)C5)c4Cl)cccc32)c(Cl)cc1CN1CC[C@@H](O)C1. The van der Waals surface area contributed by atoms with Gasteiger partial charge >= 0.3 is 12.1 Å². The van der Waals surface area contributed by atoms with Gasteiger partial charge in [-0.3, -0.25) is 14.6 Å². The van der Waals surface area contributed by atoms with E-state index in [1.807, 2.05) is 29.2 Å². The van der Waals surface area contributed by atoms with Crippen LogP contribution in [0.1, 0.15) is 71.2 Å². The van der Waals surface area contributed by atoms with Crippen molar-refractivity contribution in [1.82, 2.24) is 19.8 Å². The van der Waals surface area contributed by atoms with Crippen molar-refractivity contribution in [2.75, 3.05) is 33.3 Å². The van der Waals surface area contributed by atoms with Crippen LogP contribution in [-0.4, -0.2) is 75.3 Å². The summed E-state index contributed by atoms with van der Waals surface area (Å²) >= 11 is 13.8. The highest BCUT2D eigenvalue weighted by molar-refractivity contribution is 6.36. The molecule has 0 amide bonds. The van der Waals surface area contributed by atoms with Gasteiger partial charge in [0.15, 0.2) is 5.58 Å². The molecule has 0 unspecified atom stereocenters. The quantitative estimate of drug-likeness (QED) is 0.149. The van der Waals surface area contributed by atoms with Gasteiger partial charge in [-0.15, -0.1) is 0 Å². The molecule has 9 rings (SSSR count). The largest absolute Gasteiger partial charge is 0.481 e. The summed E-state index contributed by atoms with van der Waals surface area (Å²) in [7, 11) is 1.55. The van der Waals surface area contributed by atoms with Crippen LogP contribution in [0.2, 0.25) is 10.0 Å². The lowest BCUT2D eigenvalue weighted by molar-refractivity contribution is -0.141. The maximum atomic E-state index is 14.8. The summed E-state index contributed by atoms with van der Waals surface area (Å²) in [4.78, 5) is 25.0. The second kappa shape index (κ2) is 14.8. The van der Waals surface area contributed by atoms with Gasteiger partial charge in [0.1, 0.15) is 22.2 Å².